The normalized spacial score (nSPS) is 11.6. The van der Waals surface area contributed by atoms with Gasteiger partial charge >= 0.3 is 0 Å². The van der Waals surface area contributed by atoms with E-state index < -0.39 is 10.0 Å². The summed E-state index contributed by atoms with van der Waals surface area (Å²) in [5.74, 6) is -0.679. The molecule has 0 aliphatic heterocycles. The molecule has 0 aliphatic carbocycles. The largest absolute Gasteiger partial charge is 0.352 e. The Hall–Kier alpha value is -2.25. The zero-order valence-corrected chi connectivity index (χ0v) is 16.4. The van der Waals surface area contributed by atoms with Gasteiger partial charge in [-0.25, -0.2) is 17.5 Å². The quantitative estimate of drug-likeness (QED) is 0.689. The number of carbonyl (C=O) groups excluding carboxylic acids is 1. The van der Waals surface area contributed by atoms with Crippen molar-refractivity contribution in [2.75, 3.05) is 0 Å². The number of sulfonamides is 1. The number of hydrogen-bond acceptors (Lipinski definition) is 3. The average Bonchev–Trinajstić information content (AvgIpc) is 2.59. The van der Waals surface area contributed by atoms with Gasteiger partial charge in [-0.05, 0) is 43.0 Å². The Morgan fingerprint density at radius 3 is 2.22 bits per heavy atom. The third kappa shape index (κ3) is 7.11. The summed E-state index contributed by atoms with van der Waals surface area (Å²) in [6.45, 7) is 3.75. The Morgan fingerprint density at radius 1 is 1.00 bits per heavy atom. The number of hydrogen-bond donors (Lipinski definition) is 2. The first-order valence-corrected chi connectivity index (χ1v) is 10.5. The van der Waals surface area contributed by atoms with Gasteiger partial charge in [0.2, 0.25) is 15.9 Å². The summed E-state index contributed by atoms with van der Waals surface area (Å²) in [5, 5.41) is 2.78. The summed E-state index contributed by atoms with van der Waals surface area (Å²) in [5.41, 5.74) is 1.88. The molecule has 0 saturated heterocycles. The van der Waals surface area contributed by atoms with Crippen molar-refractivity contribution < 1.29 is 17.6 Å². The van der Waals surface area contributed by atoms with Crippen molar-refractivity contribution in [3.05, 3.63) is 71.0 Å². The van der Waals surface area contributed by atoms with E-state index in [-0.39, 0.29) is 36.5 Å². The fourth-order valence-corrected chi connectivity index (χ4v) is 4.20. The predicted octanol–water partition coefficient (Wildman–Crippen LogP) is 2.90. The van der Waals surface area contributed by atoms with Crippen LogP contribution in [0.5, 0.6) is 0 Å². The SMILES string of the molecule is CC(C)NS(=O)(=O)Cc1ccccc1CNC(=O)CCc1ccccc1F. The van der Waals surface area contributed by atoms with Crippen LogP contribution < -0.4 is 10.0 Å². The van der Waals surface area contributed by atoms with Gasteiger partial charge in [0.15, 0.2) is 0 Å². The smallest absolute Gasteiger partial charge is 0.220 e. The van der Waals surface area contributed by atoms with Crippen LogP contribution in [0.25, 0.3) is 0 Å². The number of carbonyl (C=O) groups is 1. The zero-order chi connectivity index (χ0) is 19.9. The molecule has 2 N–H and O–H groups in total. The Kier molecular flexibility index (Phi) is 7.50. The molecule has 0 aromatic heterocycles. The second kappa shape index (κ2) is 9.62. The highest BCUT2D eigenvalue weighted by atomic mass is 32.2. The second-order valence-corrected chi connectivity index (χ2v) is 8.42. The molecule has 2 rings (SSSR count). The monoisotopic (exact) mass is 392 g/mol. The summed E-state index contributed by atoms with van der Waals surface area (Å²) in [7, 11) is -3.45. The average molecular weight is 392 g/mol. The van der Waals surface area contributed by atoms with Crippen LogP contribution in [0.15, 0.2) is 48.5 Å². The number of nitrogens with one attached hydrogen (secondary N) is 2. The first-order chi connectivity index (χ1) is 12.8. The van der Waals surface area contributed by atoms with Crippen LogP contribution in [0.1, 0.15) is 37.0 Å². The standard InChI is InChI=1S/C20H25FN2O3S/c1-15(2)23-27(25,26)14-18-9-4-3-8-17(18)13-22-20(24)12-11-16-7-5-6-10-19(16)21/h3-10,15,23H,11-14H2,1-2H3,(H,22,24). The molecule has 2 aromatic rings. The first-order valence-electron chi connectivity index (χ1n) is 8.84. The van der Waals surface area contributed by atoms with Crippen LogP contribution in [-0.2, 0) is 33.5 Å². The highest BCUT2D eigenvalue weighted by Crippen LogP contribution is 2.13. The van der Waals surface area contributed by atoms with Crippen molar-refractivity contribution >= 4 is 15.9 Å². The highest BCUT2D eigenvalue weighted by Gasteiger charge is 2.15. The minimum absolute atomic E-state index is 0.146. The minimum Gasteiger partial charge on any atom is -0.352 e. The maximum Gasteiger partial charge on any atom is 0.220 e. The lowest BCUT2D eigenvalue weighted by Crippen LogP contribution is -2.32. The van der Waals surface area contributed by atoms with Gasteiger partial charge in [0.25, 0.3) is 0 Å². The predicted molar refractivity (Wildman–Crippen MR) is 104 cm³/mol. The third-order valence-corrected chi connectivity index (χ3v) is 5.46. The Morgan fingerprint density at radius 2 is 1.59 bits per heavy atom. The lowest BCUT2D eigenvalue weighted by molar-refractivity contribution is -0.121. The van der Waals surface area contributed by atoms with E-state index in [1.807, 2.05) is 0 Å². The number of rotatable bonds is 9. The van der Waals surface area contributed by atoms with E-state index >= 15 is 0 Å². The van der Waals surface area contributed by atoms with Crippen LogP contribution in [0.3, 0.4) is 0 Å². The number of aryl methyl sites for hydroxylation is 1. The fraction of sp³-hybridized carbons (Fsp3) is 0.350. The molecule has 2 aromatic carbocycles. The van der Waals surface area contributed by atoms with E-state index in [1.165, 1.54) is 6.07 Å². The van der Waals surface area contributed by atoms with E-state index in [9.17, 15) is 17.6 Å². The second-order valence-electron chi connectivity index (χ2n) is 6.67. The maximum atomic E-state index is 13.6. The van der Waals surface area contributed by atoms with E-state index in [2.05, 4.69) is 10.0 Å². The molecule has 5 nitrogen and oxygen atoms in total. The third-order valence-electron chi connectivity index (χ3n) is 3.93. The van der Waals surface area contributed by atoms with Crippen molar-refractivity contribution in [1.29, 1.82) is 0 Å². The number of benzene rings is 2. The van der Waals surface area contributed by atoms with E-state index in [1.54, 1.807) is 56.3 Å². The van der Waals surface area contributed by atoms with Gasteiger partial charge in [-0.15, -0.1) is 0 Å². The Labute approximate surface area is 160 Å². The highest BCUT2D eigenvalue weighted by molar-refractivity contribution is 7.88. The molecule has 0 unspecified atom stereocenters. The van der Waals surface area contributed by atoms with Gasteiger partial charge in [0, 0.05) is 19.0 Å². The molecule has 7 heteroatoms. The molecule has 0 radical (unpaired) electrons. The molecule has 1 amide bonds. The van der Waals surface area contributed by atoms with E-state index in [0.29, 0.717) is 17.5 Å². The fourth-order valence-electron chi connectivity index (χ4n) is 2.71. The van der Waals surface area contributed by atoms with Gasteiger partial charge in [-0.3, -0.25) is 4.79 Å². The first kappa shape index (κ1) is 21.1. The molecule has 0 saturated carbocycles. The molecular weight excluding hydrogens is 367 g/mol. The van der Waals surface area contributed by atoms with Crippen LogP contribution in [0.2, 0.25) is 0 Å². The summed E-state index contributed by atoms with van der Waals surface area (Å²) < 4.78 is 40.5. The van der Waals surface area contributed by atoms with Crippen LogP contribution >= 0.6 is 0 Å². The number of halogens is 1. The molecule has 0 fully saturated rings. The van der Waals surface area contributed by atoms with Crippen LogP contribution in [-0.4, -0.2) is 20.4 Å². The molecule has 27 heavy (non-hydrogen) atoms. The molecule has 0 aliphatic rings. The Bertz CT molecular complexity index is 882. The molecule has 0 heterocycles. The molecule has 0 atom stereocenters. The van der Waals surface area contributed by atoms with Crippen molar-refractivity contribution in [1.82, 2.24) is 10.0 Å². The van der Waals surface area contributed by atoms with E-state index in [4.69, 9.17) is 0 Å². The molecule has 146 valence electrons. The Balaban J connectivity index is 1.94. The van der Waals surface area contributed by atoms with Crippen molar-refractivity contribution in [2.45, 2.75) is 45.0 Å². The maximum absolute atomic E-state index is 13.6. The van der Waals surface area contributed by atoms with Gasteiger partial charge in [-0.2, -0.15) is 0 Å². The zero-order valence-electron chi connectivity index (χ0n) is 15.5. The summed E-state index contributed by atoms with van der Waals surface area (Å²) in [4.78, 5) is 12.1. The van der Waals surface area contributed by atoms with Gasteiger partial charge in [0.05, 0.1) is 5.75 Å². The topological polar surface area (TPSA) is 75.3 Å². The molecular formula is C20H25FN2O3S. The van der Waals surface area contributed by atoms with Crippen LogP contribution in [0, 0.1) is 5.82 Å². The van der Waals surface area contributed by atoms with E-state index in [0.717, 1.165) is 5.56 Å². The lowest BCUT2D eigenvalue weighted by Gasteiger charge is -2.13. The number of amides is 1. The lowest BCUT2D eigenvalue weighted by atomic mass is 10.1. The van der Waals surface area contributed by atoms with Crippen LogP contribution in [0.4, 0.5) is 4.39 Å². The van der Waals surface area contributed by atoms with Gasteiger partial charge in [0.1, 0.15) is 5.82 Å². The van der Waals surface area contributed by atoms with Gasteiger partial charge in [-0.1, -0.05) is 42.5 Å². The molecule has 0 spiro atoms. The minimum atomic E-state index is -3.45. The van der Waals surface area contributed by atoms with Gasteiger partial charge < -0.3 is 5.32 Å². The van der Waals surface area contributed by atoms with Crippen molar-refractivity contribution in [3.8, 4) is 0 Å². The summed E-state index contributed by atoms with van der Waals surface area (Å²) in [6, 6.07) is 13.3. The summed E-state index contributed by atoms with van der Waals surface area (Å²) >= 11 is 0. The summed E-state index contributed by atoms with van der Waals surface area (Å²) in [6.07, 6.45) is 0.475. The molecule has 0 bridgehead atoms. The van der Waals surface area contributed by atoms with Crippen molar-refractivity contribution in [2.24, 2.45) is 0 Å². The van der Waals surface area contributed by atoms with Crippen molar-refractivity contribution in [3.63, 3.8) is 0 Å².